The fourth-order valence-corrected chi connectivity index (χ4v) is 3.67. The highest BCUT2D eigenvalue weighted by Crippen LogP contribution is 2.26. The van der Waals surface area contributed by atoms with Gasteiger partial charge >= 0.3 is 0 Å². The second-order valence-electron chi connectivity index (χ2n) is 5.19. The number of amides is 1. The van der Waals surface area contributed by atoms with Gasteiger partial charge in [-0.3, -0.25) is 4.79 Å². The van der Waals surface area contributed by atoms with Crippen LogP contribution in [0.3, 0.4) is 0 Å². The molecule has 0 saturated carbocycles. The molecule has 0 aliphatic rings. The predicted octanol–water partition coefficient (Wildman–Crippen LogP) is 4.55. The van der Waals surface area contributed by atoms with Crippen molar-refractivity contribution in [2.45, 2.75) is 26.8 Å². The summed E-state index contributed by atoms with van der Waals surface area (Å²) in [4.78, 5) is 16.3. The molecule has 1 aromatic carbocycles. The number of halogens is 1. The molecule has 0 spiro atoms. The minimum atomic E-state index is 0.0230. The topological polar surface area (TPSA) is 29.5 Å². The van der Waals surface area contributed by atoms with Crippen LogP contribution in [0.5, 0.6) is 5.75 Å². The van der Waals surface area contributed by atoms with Crippen LogP contribution in [0.15, 0.2) is 24.3 Å². The van der Waals surface area contributed by atoms with Crippen molar-refractivity contribution < 1.29 is 9.53 Å². The van der Waals surface area contributed by atoms with Gasteiger partial charge in [0.05, 0.1) is 12.0 Å². The van der Waals surface area contributed by atoms with Gasteiger partial charge in [0.1, 0.15) is 5.75 Å². The number of methoxy groups -OCH3 is 1. The van der Waals surface area contributed by atoms with Crippen molar-refractivity contribution >= 4 is 28.8 Å². The molecule has 2 aromatic rings. The van der Waals surface area contributed by atoms with E-state index in [0.717, 1.165) is 22.6 Å². The van der Waals surface area contributed by atoms with Gasteiger partial charge in [0, 0.05) is 29.1 Å². The Kier molecular flexibility index (Phi) is 5.48. The number of hydrogen-bond acceptors (Lipinski definition) is 3. The van der Waals surface area contributed by atoms with E-state index in [1.54, 1.807) is 36.5 Å². The van der Waals surface area contributed by atoms with Gasteiger partial charge in [-0.15, -0.1) is 11.3 Å². The van der Waals surface area contributed by atoms with Gasteiger partial charge in [-0.05, 0) is 43.2 Å². The molecule has 0 atom stereocenters. The number of thiophene rings is 1. The maximum Gasteiger partial charge on any atom is 0.263 e. The third kappa shape index (κ3) is 3.62. The number of carbonyl (C=O) groups excluding carboxylic acids is 1. The van der Waals surface area contributed by atoms with Crippen LogP contribution >= 0.6 is 22.9 Å². The van der Waals surface area contributed by atoms with Gasteiger partial charge < -0.3 is 9.64 Å². The Morgan fingerprint density at radius 3 is 2.68 bits per heavy atom. The minimum absolute atomic E-state index is 0.0230. The molecule has 3 nitrogen and oxygen atoms in total. The summed E-state index contributed by atoms with van der Waals surface area (Å²) in [7, 11) is 3.41. The first kappa shape index (κ1) is 16.8. The molecule has 0 radical (unpaired) electrons. The summed E-state index contributed by atoms with van der Waals surface area (Å²) in [5.74, 6) is 0.760. The first-order valence-electron chi connectivity index (χ1n) is 7.13. The number of aryl methyl sites for hydroxylation is 2. The average Bonchev–Trinajstić information content (AvgIpc) is 2.87. The lowest BCUT2D eigenvalue weighted by Gasteiger charge is -2.18. The van der Waals surface area contributed by atoms with E-state index >= 15 is 0 Å². The molecule has 0 fully saturated rings. The van der Waals surface area contributed by atoms with Gasteiger partial charge in [0.15, 0.2) is 0 Å². The van der Waals surface area contributed by atoms with Crippen molar-refractivity contribution in [3.8, 4) is 5.75 Å². The number of carbonyl (C=O) groups is 1. The molecule has 1 amide bonds. The molecular formula is C17H20ClNO2S. The van der Waals surface area contributed by atoms with Crippen molar-refractivity contribution in [3.63, 3.8) is 0 Å². The fraction of sp³-hybridized carbons (Fsp3) is 0.353. The number of ether oxygens (including phenoxy) is 1. The third-order valence-electron chi connectivity index (χ3n) is 3.55. The zero-order chi connectivity index (χ0) is 16.3. The van der Waals surface area contributed by atoms with E-state index in [2.05, 4.69) is 6.92 Å². The standard InChI is InChI=1S/C17H20ClNO2S/c1-5-15-11(2)8-16(22-15)17(20)19(3)10-12-9-13(18)6-7-14(12)21-4/h6-9H,5,10H2,1-4H3. The second kappa shape index (κ2) is 7.16. The Hall–Kier alpha value is -1.52. The Bertz CT molecular complexity index is 681. The number of hydrogen-bond donors (Lipinski definition) is 0. The first-order valence-corrected chi connectivity index (χ1v) is 8.32. The summed E-state index contributed by atoms with van der Waals surface area (Å²) < 4.78 is 5.33. The highest BCUT2D eigenvalue weighted by molar-refractivity contribution is 7.14. The van der Waals surface area contributed by atoms with Crippen molar-refractivity contribution in [1.82, 2.24) is 4.90 Å². The van der Waals surface area contributed by atoms with Crippen molar-refractivity contribution in [2.75, 3.05) is 14.2 Å². The molecule has 1 heterocycles. The first-order chi connectivity index (χ1) is 10.5. The predicted molar refractivity (Wildman–Crippen MR) is 92.2 cm³/mol. The number of benzene rings is 1. The summed E-state index contributed by atoms with van der Waals surface area (Å²) in [5, 5.41) is 0.636. The Morgan fingerprint density at radius 2 is 2.09 bits per heavy atom. The summed E-state index contributed by atoms with van der Waals surface area (Å²) in [5.41, 5.74) is 2.08. The molecule has 118 valence electrons. The summed E-state index contributed by atoms with van der Waals surface area (Å²) in [6.45, 7) is 4.61. The summed E-state index contributed by atoms with van der Waals surface area (Å²) in [6, 6.07) is 7.40. The van der Waals surface area contributed by atoms with Gasteiger partial charge in [0.25, 0.3) is 5.91 Å². The fourth-order valence-electron chi connectivity index (χ4n) is 2.36. The van der Waals surface area contributed by atoms with Crippen molar-refractivity contribution in [2.24, 2.45) is 0 Å². The van der Waals surface area contributed by atoms with Crippen LogP contribution in [0, 0.1) is 6.92 Å². The van der Waals surface area contributed by atoms with E-state index in [1.165, 1.54) is 10.4 Å². The van der Waals surface area contributed by atoms with Crippen LogP contribution in [0.25, 0.3) is 0 Å². The third-order valence-corrected chi connectivity index (χ3v) is 5.15. The SMILES string of the molecule is CCc1sc(C(=O)N(C)Cc2cc(Cl)ccc2OC)cc1C. The lowest BCUT2D eigenvalue weighted by molar-refractivity contribution is 0.0789. The summed E-state index contributed by atoms with van der Waals surface area (Å²) in [6.07, 6.45) is 0.954. The Morgan fingerprint density at radius 1 is 1.36 bits per heavy atom. The van der Waals surface area contributed by atoms with E-state index in [0.29, 0.717) is 11.6 Å². The van der Waals surface area contributed by atoms with Crippen LogP contribution in [-0.4, -0.2) is 25.0 Å². The van der Waals surface area contributed by atoms with Crippen molar-refractivity contribution in [3.05, 3.63) is 50.2 Å². The van der Waals surface area contributed by atoms with Crippen LogP contribution in [-0.2, 0) is 13.0 Å². The molecule has 2 rings (SSSR count). The van der Waals surface area contributed by atoms with E-state index in [1.807, 2.05) is 25.1 Å². The second-order valence-corrected chi connectivity index (χ2v) is 6.76. The van der Waals surface area contributed by atoms with Gasteiger partial charge in [-0.25, -0.2) is 0 Å². The highest BCUT2D eigenvalue weighted by atomic mass is 35.5. The smallest absolute Gasteiger partial charge is 0.263 e. The molecule has 0 bridgehead atoms. The zero-order valence-electron chi connectivity index (χ0n) is 13.3. The van der Waals surface area contributed by atoms with E-state index in [4.69, 9.17) is 16.3 Å². The maximum absolute atomic E-state index is 12.6. The molecule has 0 unspecified atom stereocenters. The number of rotatable bonds is 5. The summed E-state index contributed by atoms with van der Waals surface area (Å²) >= 11 is 7.61. The molecule has 5 heteroatoms. The average molecular weight is 338 g/mol. The van der Waals surface area contributed by atoms with E-state index < -0.39 is 0 Å². The van der Waals surface area contributed by atoms with Gasteiger partial charge in [-0.2, -0.15) is 0 Å². The zero-order valence-corrected chi connectivity index (χ0v) is 14.8. The monoisotopic (exact) mass is 337 g/mol. The lowest BCUT2D eigenvalue weighted by Crippen LogP contribution is -2.25. The lowest BCUT2D eigenvalue weighted by atomic mass is 10.2. The van der Waals surface area contributed by atoms with Crippen LogP contribution in [0.2, 0.25) is 5.02 Å². The van der Waals surface area contributed by atoms with Crippen LogP contribution in [0.4, 0.5) is 0 Å². The Labute approximate surface area is 140 Å². The normalized spacial score (nSPS) is 10.6. The maximum atomic E-state index is 12.6. The largest absolute Gasteiger partial charge is 0.496 e. The molecule has 22 heavy (non-hydrogen) atoms. The van der Waals surface area contributed by atoms with E-state index in [9.17, 15) is 4.79 Å². The highest BCUT2D eigenvalue weighted by Gasteiger charge is 2.17. The van der Waals surface area contributed by atoms with Crippen molar-refractivity contribution in [1.29, 1.82) is 0 Å². The molecule has 0 aliphatic heterocycles. The van der Waals surface area contributed by atoms with E-state index in [-0.39, 0.29) is 5.91 Å². The minimum Gasteiger partial charge on any atom is -0.496 e. The number of nitrogens with zero attached hydrogens (tertiary/aromatic N) is 1. The molecule has 0 aliphatic carbocycles. The van der Waals surface area contributed by atoms with Crippen LogP contribution < -0.4 is 4.74 Å². The molecular weight excluding hydrogens is 318 g/mol. The molecule has 1 aromatic heterocycles. The molecule has 0 saturated heterocycles. The Balaban J connectivity index is 2.19. The quantitative estimate of drug-likeness (QED) is 0.800. The van der Waals surface area contributed by atoms with Gasteiger partial charge in [-0.1, -0.05) is 18.5 Å². The van der Waals surface area contributed by atoms with Gasteiger partial charge in [0.2, 0.25) is 0 Å². The molecule has 0 N–H and O–H groups in total. The van der Waals surface area contributed by atoms with Crippen LogP contribution in [0.1, 0.15) is 32.6 Å².